The lowest BCUT2D eigenvalue weighted by molar-refractivity contribution is -0.148. The molecule has 3 aromatic carbocycles. The standard InChI is InChI=1S/C29H32Cl2N2O5/c1-21-18-25(12-13-27(21)33(16-14-30)17-15-31)38-24-10-8-23(9-11-24)28(34)32-26(20-36-2)29(35)37-19-22-6-4-3-5-7-22/h3-13,18,26H,14-17,19-20H2,1-2H3,(H,32,34)/t26-/m0/s1. The Morgan fingerprint density at radius 2 is 1.58 bits per heavy atom. The molecule has 0 heterocycles. The second-order valence-electron chi connectivity index (χ2n) is 8.51. The number of esters is 1. The lowest BCUT2D eigenvalue weighted by Crippen LogP contribution is -2.44. The molecule has 0 aliphatic carbocycles. The molecule has 0 saturated carbocycles. The molecule has 0 aromatic heterocycles. The molecule has 3 rings (SSSR count). The van der Waals surface area contributed by atoms with Crippen LogP contribution >= 0.6 is 23.2 Å². The highest BCUT2D eigenvalue weighted by molar-refractivity contribution is 6.18. The van der Waals surface area contributed by atoms with Crippen LogP contribution in [0.4, 0.5) is 5.69 Å². The highest BCUT2D eigenvalue weighted by atomic mass is 35.5. The number of halogens is 2. The number of carbonyl (C=O) groups excluding carboxylic acids is 2. The average Bonchev–Trinajstić information content (AvgIpc) is 2.92. The summed E-state index contributed by atoms with van der Waals surface area (Å²) in [6, 6.07) is 20.9. The molecule has 3 aromatic rings. The van der Waals surface area contributed by atoms with Crippen LogP contribution in [0.5, 0.6) is 11.5 Å². The quantitative estimate of drug-likeness (QED) is 0.206. The van der Waals surface area contributed by atoms with Crippen molar-refractivity contribution in [2.45, 2.75) is 19.6 Å². The number of benzene rings is 3. The Labute approximate surface area is 233 Å². The normalized spacial score (nSPS) is 11.5. The van der Waals surface area contributed by atoms with E-state index in [9.17, 15) is 9.59 Å². The van der Waals surface area contributed by atoms with Gasteiger partial charge in [0.15, 0.2) is 6.04 Å². The second-order valence-corrected chi connectivity index (χ2v) is 9.27. The van der Waals surface area contributed by atoms with Gasteiger partial charge in [0.25, 0.3) is 5.91 Å². The van der Waals surface area contributed by atoms with E-state index < -0.39 is 17.9 Å². The number of hydrogen-bond acceptors (Lipinski definition) is 6. The molecule has 1 N–H and O–H groups in total. The van der Waals surface area contributed by atoms with E-state index in [-0.39, 0.29) is 13.2 Å². The first-order valence-electron chi connectivity index (χ1n) is 12.2. The van der Waals surface area contributed by atoms with Crippen molar-refractivity contribution in [2.75, 3.05) is 43.5 Å². The Hall–Kier alpha value is -3.26. The van der Waals surface area contributed by atoms with Gasteiger partial charge < -0.3 is 24.4 Å². The largest absolute Gasteiger partial charge is 0.459 e. The van der Waals surface area contributed by atoms with Crippen LogP contribution in [0.3, 0.4) is 0 Å². The molecule has 0 fully saturated rings. The van der Waals surface area contributed by atoms with Gasteiger partial charge in [0.2, 0.25) is 0 Å². The number of alkyl halides is 2. The molecule has 0 spiro atoms. The number of nitrogens with one attached hydrogen (secondary N) is 1. The number of amides is 1. The third-order valence-corrected chi connectivity index (χ3v) is 6.06. The van der Waals surface area contributed by atoms with Crippen LogP contribution in [-0.2, 0) is 20.9 Å². The Morgan fingerprint density at radius 1 is 0.921 bits per heavy atom. The number of anilines is 1. The van der Waals surface area contributed by atoms with Crippen molar-refractivity contribution in [3.05, 3.63) is 89.5 Å². The van der Waals surface area contributed by atoms with Gasteiger partial charge in [0.05, 0.1) is 6.61 Å². The minimum Gasteiger partial charge on any atom is -0.459 e. The maximum Gasteiger partial charge on any atom is 0.331 e. The van der Waals surface area contributed by atoms with E-state index >= 15 is 0 Å². The van der Waals surface area contributed by atoms with Crippen LogP contribution in [0, 0.1) is 6.92 Å². The van der Waals surface area contributed by atoms with E-state index in [1.165, 1.54) is 7.11 Å². The van der Waals surface area contributed by atoms with Crippen LogP contribution < -0.4 is 15.0 Å². The second kappa shape index (κ2) is 15.2. The van der Waals surface area contributed by atoms with Crippen LogP contribution in [0.25, 0.3) is 0 Å². The van der Waals surface area contributed by atoms with Gasteiger partial charge in [0.1, 0.15) is 18.1 Å². The summed E-state index contributed by atoms with van der Waals surface area (Å²) in [5.74, 6) is 1.27. The van der Waals surface area contributed by atoms with Gasteiger partial charge in [-0.1, -0.05) is 30.3 Å². The molecule has 0 saturated heterocycles. The van der Waals surface area contributed by atoms with Gasteiger partial charge in [-0.2, -0.15) is 0 Å². The maximum absolute atomic E-state index is 12.8. The highest BCUT2D eigenvalue weighted by Crippen LogP contribution is 2.28. The van der Waals surface area contributed by atoms with Gasteiger partial charge in [-0.25, -0.2) is 4.79 Å². The molecule has 1 atom stereocenters. The van der Waals surface area contributed by atoms with E-state index in [4.69, 9.17) is 37.4 Å². The minimum atomic E-state index is -0.939. The highest BCUT2D eigenvalue weighted by Gasteiger charge is 2.23. The molecule has 38 heavy (non-hydrogen) atoms. The van der Waals surface area contributed by atoms with Gasteiger partial charge in [-0.3, -0.25) is 4.79 Å². The molecule has 0 unspecified atom stereocenters. The molecule has 0 aliphatic rings. The molecule has 7 nitrogen and oxygen atoms in total. The fraction of sp³-hybridized carbons (Fsp3) is 0.310. The number of rotatable bonds is 14. The van der Waals surface area contributed by atoms with E-state index in [0.717, 1.165) is 16.8 Å². The predicted molar refractivity (Wildman–Crippen MR) is 151 cm³/mol. The Balaban J connectivity index is 1.60. The molecular formula is C29H32Cl2N2O5. The van der Waals surface area contributed by atoms with Crippen LogP contribution in [0.1, 0.15) is 21.5 Å². The van der Waals surface area contributed by atoms with Crippen molar-refractivity contribution in [3.8, 4) is 11.5 Å². The molecule has 9 heteroatoms. The van der Waals surface area contributed by atoms with E-state index in [1.807, 2.05) is 55.5 Å². The van der Waals surface area contributed by atoms with Crippen molar-refractivity contribution >= 4 is 40.8 Å². The number of hydrogen-bond donors (Lipinski definition) is 1. The summed E-state index contributed by atoms with van der Waals surface area (Å²) < 4.78 is 16.4. The molecule has 0 aliphatic heterocycles. The Kier molecular flexibility index (Phi) is 11.7. The summed E-state index contributed by atoms with van der Waals surface area (Å²) in [6.07, 6.45) is 0. The first-order valence-corrected chi connectivity index (χ1v) is 13.3. The third kappa shape index (κ3) is 8.65. The van der Waals surface area contributed by atoms with Crippen LogP contribution in [0.2, 0.25) is 0 Å². The Morgan fingerprint density at radius 3 is 2.18 bits per heavy atom. The van der Waals surface area contributed by atoms with E-state index in [1.54, 1.807) is 24.3 Å². The van der Waals surface area contributed by atoms with Crippen molar-refractivity contribution in [1.82, 2.24) is 5.32 Å². The maximum atomic E-state index is 12.8. The fourth-order valence-corrected chi connectivity index (χ4v) is 4.23. The summed E-state index contributed by atoms with van der Waals surface area (Å²) in [5.41, 5.74) is 3.32. The first-order chi connectivity index (χ1) is 18.4. The smallest absolute Gasteiger partial charge is 0.331 e. The molecule has 202 valence electrons. The summed E-state index contributed by atoms with van der Waals surface area (Å²) in [7, 11) is 1.46. The third-order valence-electron chi connectivity index (χ3n) is 5.72. The van der Waals surface area contributed by atoms with E-state index in [0.29, 0.717) is 41.9 Å². The van der Waals surface area contributed by atoms with E-state index in [2.05, 4.69) is 10.2 Å². The monoisotopic (exact) mass is 558 g/mol. The summed E-state index contributed by atoms with van der Waals surface area (Å²) in [5, 5.41) is 2.68. The van der Waals surface area contributed by atoms with Crippen LogP contribution in [0.15, 0.2) is 72.8 Å². The van der Waals surface area contributed by atoms with Crippen molar-refractivity contribution in [2.24, 2.45) is 0 Å². The average molecular weight is 559 g/mol. The Bertz CT molecular complexity index is 1170. The number of methoxy groups -OCH3 is 1. The predicted octanol–water partition coefficient (Wildman–Crippen LogP) is 5.56. The number of carbonyl (C=O) groups is 2. The van der Waals surface area contributed by atoms with Crippen molar-refractivity contribution in [3.63, 3.8) is 0 Å². The summed E-state index contributed by atoms with van der Waals surface area (Å²) >= 11 is 11.9. The SMILES string of the molecule is COC[C@H](NC(=O)c1ccc(Oc2ccc(N(CCCl)CCCl)c(C)c2)cc1)C(=O)OCc1ccccc1. The number of ether oxygens (including phenoxy) is 3. The lowest BCUT2D eigenvalue weighted by Gasteiger charge is -2.25. The van der Waals surface area contributed by atoms with Gasteiger partial charge in [-0.15, -0.1) is 23.2 Å². The van der Waals surface area contributed by atoms with Crippen LogP contribution in [-0.4, -0.2) is 56.5 Å². The molecular weight excluding hydrogens is 527 g/mol. The first kappa shape index (κ1) is 29.3. The molecule has 1 amide bonds. The minimum absolute atomic E-state index is 0.0108. The molecule has 0 bridgehead atoms. The van der Waals surface area contributed by atoms with Crippen molar-refractivity contribution < 1.29 is 23.8 Å². The summed E-state index contributed by atoms with van der Waals surface area (Å²) in [6.45, 7) is 3.51. The fourth-order valence-electron chi connectivity index (χ4n) is 3.82. The van der Waals surface area contributed by atoms with Gasteiger partial charge in [0, 0.05) is 43.2 Å². The zero-order chi connectivity index (χ0) is 27.3. The summed E-state index contributed by atoms with van der Waals surface area (Å²) in [4.78, 5) is 27.5. The van der Waals surface area contributed by atoms with Gasteiger partial charge >= 0.3 is 5.97 Å². The zero-order valence-corrected chi connectivity index (χ0v) is 23.0. The molecule has 0 radical (unpaired) electrons. The topological polar surface area (TPSA) is 77.1 Å². The van der Waals surface area contributed by atoms with Crippen molar-refractivity contribution in [1.29, 1.82) is 0 Å². The number of aryl methyl sites for hydroxylation is 1. The zero-order valence-electron chi connectivity index (χ0n) is 21.5. The van der Waals surface area contributed by atoms with Gasteiger partial charge in [-0.05, 0) is 60.5 Å². The number of nitrogens with zero attached hydrogens (tertiary/aromatic N) is 1. The lowest BCUT2D eigenvalue weighted by atomic mass is 10.1.